The number of hydrogen-bond acceptors (Lipinski definition) is 2. The van der Waals surface area contributed by atoms with Gasteiger partial charge in [-0.15, -0.1) is 0 Å². The Hall–Kier alpha value is -1.49. The van der Waals surface area contributed by atoms with Crippen LogP contribution in [0, 0.1) is 11.8 Å². The van der Waals surface area contributed by atoms with E-state index in [0.717, 1.165) is 5.57 Å². The topological polar surface area (TPSA) is 26.3 Å². The Morgan fingerprint density at radius 3 is 2.82 bits per heavy atom. The molecule has 0 aromatic carbocycles. The second kappa shape index (κ2) is 6.63. The van der Waals surface area contributed by atoms with Crippen molar-refractivity contribution in [3.05, 3.63) is 24.0 Å². The highest BCUT2D eigenvalue weighted by Crippen LogP contribution is 1.85. The van der Waals surface area contributed by atoms with Crippen LogP contribution in [-0.4, -0.2) is 13.4 Å². The quantitative estimate of drug-likeness (QED) is 0.256. The van der Waals surface area contributed by atoms with E-state index < -0.39 is 0 Å². The third-order valence-corrected chi connectivity index (χ3v) is 0.875. The average Bonchev–Trinajstić information content (AvgIpc) is 1.99. The monoisotopic (exact) mass is 150 g/mol. The summed E-state index contributed by atoms with van der Waals surface area (Å²) in [6, 6.07) is 0. The van der Waals surface area contributed by atoms with Crippen LogP contribution < -0.4 is 0 Å². The van der Waals surface area contributed by atoms with E-state index in [-0.39, 0.29) is 0 Å². The van der Waals surface area contributed by atoms with E-state index in [9.17, 15) is 4.79 Å². The lowest BCUT2D eigenvalue weighted by atomic mass is 10.3. The van der Waals surface area contributed by atoms with Crippen molar-refractivity contribution in [2.75, 3.05) is 7.11 Å². The SMILES string of the molecule is CO/C=C/C#C/C(C)=C/C=O. The van der Waals surface area contributed by atoms with Gasteiger partial charge in [0.1, 0.15) is 6.29 Å². The minimum atomic E-state index is 0.712. The maximum atomic E-state index is 9.92. The first-order chi connectivity index (χ1) is 5.31. The molecule has 0 unspecified atom stereocenters. The second-order valence-electron chi connectivity index (χ2n) is 1.79. The van der Waals surface area contributed by atoms with Crippen LogP contribution in [0.5, 0.6) is 0 Å². The van der Waals surface area contributed by atoms with Crippen LogP contribution in [-0.2, 0) is 9.53 Å². The lowest BCUT2D eigenvalue weighted by Gasteiger charge is -1.80. The Bertz CT molecular complexity index is 226. The molecular weight excluding hydrogens is 140 g/mol. The van der Waals surface area contributed by atoms with Crippen molar-refractivity contribution in [1.82, 2.24) is 0 Å². The lowest BCUT2D eigenvalue weighted by molar-refractivity contribution is -0.104. The average molecular weight is 150 g/mol. The van der Waals surface area contributed by atoms with Gasteiger partial charge in [-0.25, -0.2) is 0 Å². The highest BCUT2D eigenvalue weighted by molar-refractivity contribution is 5.67. The maximum absolute atomic E-state index is 9.92. The zero-order valence-electron chi connectivity index (χ0n) is 6.63. The summed E-state index contributed by atoms with van der Waals surface area (Å²) in [5, 5.41) is 0. The molecule has 0 atom stereocenters. The smallest absolute Gasteiger partial charge is 0.143 e. The number of hydrogen-bond donors (Lipinski definition) is 0. The third-order valence-electron chi connectivity index (χ3n) is 0.875. The van der Waals surface area contributed by atoms with Gasteiger partial charge < -0.3 is 4.74 Å². The molecule has 0 rings (SSSR count). The van der Waals surface area contributed by atoms with Crippen molar-refractivity contribution in [3.63, 3.8) is 0 Å². The van der Waals surface area contributed by atoms with E-state index >= 15 is 0 Å². The molecule has 11 heavy (non-hydrogen) atoms. The molecule has 0 spiro atoms. The first-order valence-corrected chi connectivity index (χ1v) is 3.12. The summed E-state index contributed by atoms with van der Waals surface area (Å²) in [6.07, 6.45) is 5.17. The molecule has 2 nitrogen and oxygen atoms in total. The van der Waals surface area contributed by atoms with E-state index in [1.165, 1.54) is 12.3 Å². The van der Waals surface area contributed by atoms with Crippen molar-refractivity contribution >= 4 is 6.29 Å². The van der Waals surface area contributed by atoms with Crippen LogP contribution in [0.3, 0.4) is 0 Å². The lowest BCUT2D eigenvalue weighted by Crippen LogP contribution is -1.69. The van der Waals surface area contributed by atoms with Gasteiger partial charge in [0.05, 0.1) is 13.4 Å². The van der Waals surface area contributed by atoms with Crippen LogP contribution in [0.2, 0.25) is 0 Å². The van der Waals surface area contributed by atoms with Crippen LogP contribution >= 0.6 is 0 Å². The van der Waals surface area contributed by atoms with Gasteiger partial charge in [-0.05, 0) is 13.0 Å². The summed E-state index contributed by atoms with van der Waals surface area (Å²) in [5.41, 5.74) is 0.737. The van der Waals surface area contributed by atoms with Gasteiger partial charge in [0, 0.05) is 11.6 Å². The van der Waals surface area contributed by atoms with E-state index in [1.54, 1.807) is 20.1 Å². The largest absolute Gasteiger partial charge is 0.504 e. The molecule has 0 amide bonds. The van der Waals surface area contributed by atoms with Gasteiger partial charge in [-0.1, -0.05) is 11.8 Å². The predicted octanol–water partition coefficient (Wildman–Crippen LogP) is 1.30. The van der Waals surface area contributed by atoms with Crippen molar-refractivity contribution in [1.29, 1.82) is 0 Å². The Balaban J connectivity index is 3.96. The number of ether oxygens (including phenoxy) is 1. The molecule has 0 saturated carbocycles. The highest BCUT2D eigenvalue weighted by atomic mass is 16.5. The molecule has 0 aliphatic rings. The third kappa shape index (κ3) is 6.39. The van der Waals surface area contributed by atoms with Crippen LogP contribution in [0.1, 0.15) is 6.92 Å². The highest BCUT2D eigenvalue weighted by Gasteiger charge is 1.75. The summed E-state index contributed by atoms with van der Waals surface area (Å²) in [5.74, 6) is 5.42. The molecule has 0 aromatic rings. The molecule has 58 valence electrons. The fourth-order valence-corrected chi connectivity index (χ4v) is 0.401. The van der Waals surface area contributed by atoms with E-state index in [4.69, 9.17) is 0 Å². The van der Waals surface area contributed by atoms with Crippen molar-refractivity contribution in [3.8, 4) is 11.8 Å². The predicted molar refractivity (Wildman–Crippen MR) is 43.7 cm³/mol. The Morgan fingerprint density at radius 1 is 1.55 bits per heavy atom. The van der Waals surface area contributed by atoms with Gasteiger partial charge in [0.25, 0.3) is 0 Å². The molecule has 0 fully saturated rings. The standard InChI is InChI=1S/C9H10O2/c1-9(6-7-10)5-3-4-8-11-2/h4,6-8H,1-2H3/b8-4+,9-6+. The van der Waals surface area contributed by atoms with Gasteiger partial charge in [-0.2, -0.15) is 0 Å². The molecule has 0 aromatic heterocycles. The van der Waals surface area contributed by atoms with Crippen molar-refractivity contribution < 1.29 is 9.53 Å². The molecule has 0 heterocycles. The van der Waals surface area contributed by atoms with Gasteiger partial charge in [0.15, 0.2) is 0 Å². The van der Waals surface area contributed by atoms with Crippen LogP contribution in [0.25, 0.3) is 0 Å². The summed E-state index contributed by atoms with van der Waals surface area (Å²) in [4.78, 5) is 9.92. The van der Waals surface area contributed by atoms with Crippen LogP contribution in [0.15, 0.2) is 24.0 Å². The molecule has 0 aliphatic carbocycles. The van der Waals surface area contributed by atoms with E-state index in [2.05, 4.69) is 16.6 Å². The Labute approximate surface area is 66.6 Å². The molecule has 0 saturated heterocycles. The number of allylic oxidation sites excluding steroid dienone is 3. The number of carbonyl (C=O) groups is 1. The number of carbonyl (C=O) groups excluding carboxylic acids is 1. The van der Waals surface area contributed by atoms with Crippen LogP contribution in [0.4, 0.5) is 0 Å². The summed E-state index contributed by atoms with van der Waals surface area (Å²) in [7, 11) is 1.55. The van der Waals surface area contributed by atoms with Crippen molar-refractivity contribution in [2.24, 2.45) is 0 Å². The van der Waals surface area contributed by atoms with E-state index in [1.807, 2.05) is 0 Å². The summed E-state index contributed by atoms with van der Waals surface area (Å²) >= 11 is 0. The fraction of sp³-hybridized carbons (Fsp3) is 0.222. The second-order valence-corrected chi connectivity index (χ2v) is 1.79. The fourth-order valence-electron chi connectivity index (χ4n) is 0.401. The zero-order chi connectivity index (χ0) is 8.53. The van der Waals surface area contributed by atoms with Gasteiger partial charge in [0.2, 0.25) is 0 Å². The maximum Gasteiger partial charge on any atom is 0.143 e. The van der Waals surface area contributed by atoms with Gasteiger partial charge >= 0.3 is 0 Å². The summed E-state index contributed by atoms with van der Waals surface area (Å²) < 4.78 is 4.61. The first kappa shape index (κ1) is 9.51. The molecule has 0 N–H and O–H groups in total. The Morgan fingerprint density at radius 2 is 2.27 bits per heavy atom. The number of aldehydes is 1. The molecule has 0 bridgehead atoms. The first-order valence-electron chi connectivity index (χ1n) is 3.12. The Kier molecular flexibility index (Phi) is 5.73. The molecule has 2 heteroatoms. The van der Waals surface area contributed by atoms with Gasteiger partial charge in [-0.3, -0.25) is 4.79 Å². The normalized spacial score (nSPS) is 10.5. The van der Waals surface area contributed by atoms with Crippen molar-refractivity contribution in [2.45, 2.75) is 6.92 Å². The van der Waals surface area contributed by atoms with E-state index in [0.29, 0.717) is 6.29 Å². The minimum Gasteiger partial charge on any atom is -0.504 e. The molecule has 0 aliphatic heterocycles. The molecular formula is C9H10O2. The number of rotatable bonds is 2. The summed E-state index contributed by atoms with van der Waals surface area (Å²) in [6.45, 7) is 1.77. The zero-order valence-corrected chi connectivity index (χ0v) is 6.63. The number of methoxy groups -OCH3 is 1. The minimum absolute atomic E-state index is 0.712. The molecule has 0 radical (unpaired) electrons.